The topological polar surface area (TPSA) is 111 Å². The largest absolute Gasteiger partial charge is 0.364 e. The van der Waals surface area contributed by atoms with Crippen molar-refractivity contribution >= 4 is 21.8 Å². The van der Waals surface area contributed by atoms with Crippen LogP contribution < -0.4 is 10.5 Å². The lowest BCUT2D eigenvalue weighted by molar-refractivity contribution is -0.122. The minimum Gasteiger partial charge on any atom is -0.364 e. The fraction of sp³-hybridized carbons (Fsp3) is 0.455. The Kier molecular flexibility index (Phi) is 4.35. The molecule has 1 aromatic heterocycles. The summed E-state index contributed by atoms with van der Waals surface area (Å²) in [7, 11) is -2.48. The van der Waals surface area contributed by atoms with Crippen molar-refractivity contribution in [1.29, 1.82) is 0 Å². The highest BCUT2D eigenvalue weighted by atomic mass is 32.2. The molecule has 0 aromatic carbocycles. The first-order valence-electron chi connectivity index (χ1n) is 5.71. The molecule has 19 heavy (non-hydrogen) atoms. The highest BCUT2D eigenvalue weighted by Gasteiger charge is 2.23. The molecule has 2 amide bonds. The summed E-state index contributed by atoms with van der Waals surface area (Å²) in [5.74, 6) is -1.72. The second kappa shape index (κ2) is 5.43. The van der Waals surface area contributed by atoms with Gasteiger partial charge in [0.25, 0.3) is 15.9 Å². The van der Waals surface area contributed by atoms with Crippen molar-refractivity contribution in [2.45, 2.75) is 25.2 Å². The first kappa shape index (κ1) is 15.2. The molecule has 0 spiro atoms. The zero-order valence-corrected chi connectivity index (χ0v) is 11.8. The maximum absolute atomic E-state index is 12.0. The average molecular weight is 287 g/mol. The van der Waals surface area contributed by atoms with Gasteiger partial charge >= 0.3 is 0 Å². The molecule has 0 radical (unpaired) electrons. The van der Waals surface area contributed by atoms with Crippen molar-refractivity contribution in [2.24, 2.45) is 18.7 Å². The number of carbonyl (C=O) groups is 2. The number of carbonyl (C=O) groups excluding carboxylic acids is 2. The van der Waals surface area contributed by atoms with Crippen LogP contribution in [0.2, 0.25) is 0 Å². The number of nitrogens with two attached hydrogens (primary N) is 1. The van der Waals surface area contributed by atoms with Gasteiger partial charge in [-0.2, -0.15) is 0 Å². The van der Waals surface area contributed by atoms with E-state index in [0.717, 1.165) is 6.07 Å². The summed E-state index contributed by atoms with van der Waals surface area (Å²) in [6.45, 7) is 3.41. The van der Waals surface area contributed by atoms with Crippen LogP contribution in [-0.4, -0.2) is 24.8 Å². The van der Waals surface area contributed by atoms with Crippen LogP contribution in [0.3, 0.4) is 0 Å². The molecule has 0 aliphatic carbocycles. The SMILES string of the molecule is CCC(C)C(=O)NS(=O)(=O)c1cc(C(N)=O)n(C)c1. The number of hydrogen-bond donors (Lipinski definition) is 2. The molecule has 7 nitrogen and oxygen atoms in total. The van der Waals surface area contributed by atoms with Crippen molar-refractivity contribution in [3.8, 4) is 0 Å². The van der Waals surface area contributed by atoms with Crippen LogP contribution in [0, 0.1) is 5.92 Å². The van der Waals surface area contributed by atoms with Gasteiger partial charge in [0.1, 0.15) is 10.6 Å². The second-order valence-electron chi connectivity index (χ2n) is 4.32. The fourth-order valence-corrected chi connectivity index (χ4v) is 2.55. The summed E-state index contributed by atoms with van der Waals surface area (Å²) in [4.78, 5) is 22.5. The van der Waals surface area contributed by atoms with Gasteiger partial charge in [-0.15, -0.1) is 0 Å². The molecule has 1 rings (SSSR count). The van der Waals surface area contributed by atoms with Gasteiger partial charge < -0.3 is 10.3 Å². The molecule has 0 fully saturated rings. The highest BCUT2D eigenvalue weighted by molar-refractivity contribution is 7.90. The third-order valence-electron chi connectivity index (χ3n) is 2.84. The molecule has 0 bridgehead atoms. The molecule has 0 saturated heterocycles. The molecule has 3 N–H and O–H groups in total. The number of primary amides is 1. The minimum atomic E-state index is -3.98. The summed E-state index contributed by atoms with van der Waals surface area (Å²) in [5, 5.41) is 0. The Morgan fingerprint density at radius 2 is 2.05 bits per heavy atom. The number of nitrogens with zero attached hydrogens (tertiary/aromatic N) is 1. The molecule has 1 atom stereocenters. The zero-order valence-electron chi connectivity index (χ0n) is 11.0. The average Bonchev–Trinajstić information content (AvgIpc) is 2.70. The number of hydrogen-bond acceptors (Lipinski definition) is 4. The van der Waals surface area contributed by atoms with E-state index in [1.54, 1.807) is 13.8 Å². The van der Waals surface area contributed by atoms with Gasteiger partial charge in [0.2, 0.25) is 5.91 Å². The number of nitrogens with one attached hydrogen (secondary N) is 1. The van der Waals surface area contributed by atoms with Gasteiger partial charge in [0, 0.05) is 19.2 Å². The Morgan fingerprint density at radius 1 is 1.47 bits per heavy atom. The first-order chi connectivity index (χ1) is 8.69. The minimum absolute atomic E-state index is 0.0522. The van der Waals surface area contributed by atoms with Crippen LogP contribution in [0.1, 0.15) is 30.8 Å². The molecule has 0 saturated carbocycles. The van der Waals surface area contributed by atoms with Crippen LogP contribution in [0.5, 0.6) is 0 Å². The summed E-state index contributed by atoms with van der Waals surface area (Å²) in [5.41, 5.74) is 5.15. The number of aromatic nitrogens is 1. The van der Waals surface area contributed by atoms with Gasteiger partial charge in [-0.3, -0.25) is 9.59 Å². The predicted molar refractivity (Wildman–Crippen MR) is 68.7 cm³/mol. The third kappa shape index (κ3) is 3.34. The number of sulfonamides is 1. The maximum Gasteiger partial charge on any atom is 0.265 e. The van der Waals surface area contributed by atoms with E-state index in [-0.39, 0.29) is 10.6 Å². The molecule has 106 valence electrons. The molecule has 1 aromatic rings. The lowest BCUT2D eigenvalue weighted by Gasteiger charge is -2.09. The van der Waals surface area contributed by atoms with Gasteiger partial charge in [0.05, 0.1) is 0 Å². The molecule has 0 aliphatic rings. The second-order valence-corrected chi connectivity index (χ2v) is 6.00. The lowest BCUT2D eigenvalue weighted by Crippen LogP contribution is -2.34. The summed E-state index contributed by atoms with van der Waals surface area (Å²) in [6.07, 6.45) is 1.76. The van der Waals surface area contributed by atoms with Crippen molar-refractivity contribution in [3.05, 3.63) is 18.0 Å². The van der Waals surface area contributed by atoms with Gasteiger partial charge in [-0.05, 0) is 12.5 Å². The Bertz CT molecular complexity index is 603. The van der Waals surface area contributed by atoms with Crippen molar-refractivity contribution in [2.75, 3.05) is 0 Å². The van der Waals surface area contributed by atoms with E-state index in [0.29, 0.717) is 6.42 Å². The van der Waals surface area contributed by atoms with E-state index in [4.69, 9.17) is 5.73 Å². The van der Waals surface area contributed by atoms with Gasteiger partial charge in [-0.25, -0.2) is 13.1 Å². The van der Waals surface area contributed by atoms with Crippen molar-refractivity contribution in [1.82, 2.24) is 9.29 Å². The lowest BCUT2D eigenvalue weighted by atomic mass is 10.1. The quantitative estimate of drug-likeness (QED) is 0.792. The molecule has 1 unspecified atom stereocenters. The van der Waals surface area contributed by atoms with E-state index >= 15 is 0 Å². The molecular weight excluding hydrogens is 270 g/mol. The Labute approximate surface area is 111 Å². The Balaban J connectivity index is 3.05. The van der Waals surface area contributed by atoms with E-state index in [1.807, 2.05) is 4.72 Å². The Morgan fingerprint density at radius 3 is 2.47 bits per heavy atom. The number of amides is 2. The third-order valence-corrected chi connectivity index (χ3v) is 4.15. The molecular formula is C11H17N3O4S. The number of aryl methyl sites for hydroxylation is 1. The van der Waals surface area contributed by atoms with Crippen LogP contribution in [0.4, 0.5) is 0 Å². The first-order valence-corrected chi connectivity index (χ1v) is 7.20. The van der Waals surface area contributed by atoms with Crippen LogP contribution >= 0.6 is 0 Å². The normalized spacial score (nSPS) is 13.0. The van der Waals surface area contributed by atoms with E-state index in [1.165, 1.54) is 17.8 Å². The van der Waals surface area contributed by atoms with E-state index in [9.17, 15) is 18.0 Å². The summed E-state index contributed by atoms with van der Waals surface area (Å²) in [6, 6.07) is 1.13. The van der Waals surface area contributed by atoms with Gasteiger partial charge in [0.15, 0.2) is 0 Å². The predicted octanol–water partition coefficient (Wildman–Crippen LogP) is -0.0250. The molecule has 0 aliphatic heterocycles. The fourth-order valence-electron chi connectivity index (χ4n) is 1.40. The summed E-state index contributed by atoms with van der Waals surface area (Å²) < 4.78 is 27.2. The van der Waals surface area contributed by atoms with Gasteiger partial charge in [-0.1, -0.05) is 13.8 Å². The standard InChI is InChI=1S/C11H17N3O4S/c1-4-7(2)11(16)13-19(17,18)8-5-9(10(12)15)14(3)6-8/h5-7H,4H2,1-3H3,(H2,12,15)(H,13,16). The highest BCUT2D eigenvalue weighted by Crippen LogP contribution is 2.14. The Hall–Kier alpha value is -1.83. The van der Waals surface area contributed by atoms with Crippen molar-refractivity contribution in [3.63, 3.8) is 0 Å². The molecule has 1 heterocycles. The number of rotatable bonds is 5. The van der Waals surface area contributed by atoms with E-state index in [2.05, 4.69) is 0 Å². The molecule has 8 heteroatoms. The summed E-state index contributed by atoms with van der Waals surface area (Å²) >= 11 is 0. The van der Waals surface area contributed by atoms with E-state index < -0.39 is 27.8 Å². The zero-order chi connectivity index (χ0) is 14.8. The van der Waals surface area contributed by atoms with Crippen LogP contribution in [0.25, 0.3) is 0 Å². The monoisotopic (exact) mass is 287 g/mol. The van der Waals surface area contributed by atoms with Crippen molar-refractivity contribution < 1.29 is 18.0 Å². The maximum atomic E-state index is 12.0. The smallest absolute Gasteiger partial charge is 0.265 e. The van der Waals surface area contributed by atoms with Crippen LogP contribution in [0.15, 0.2) is 17.2 Å². The van der Waals surface area contributed by atoms with Crippen LogP contribution in [-0.2, 0) is 21.9 Å².